The molecule has 37 heavy (non-hydrogen) atoms. The van der Waals surface area contributed by atoms with Crippen LogP contribution in [0.5, 0.6) is 5.75 Å². The molecule has 5 rings (SSSR count). The Morgan fingerprint density at radius 3 is 2.43 bits per heavy atom. The quantitative estimate of drug-likeness (QED) is 0.263. The number of aromatic nitrogens is 1. The van der Waals surface area contributed by atoms with Crippen LogP contribution in [0.25, 0.3) is 10.2 Å². The molecule has 2 heterocycles. The molecule has 1 unspecified atom stereocenters. The Balaban J connectivity index is 1.29. The van der Waals surface area contributed by atoms with Crippen LogP contribution in [0.2, 0.25) is 0 Å². The second-order valence-electron chi connectivity index (χ2n) is 8.34. The number of hydrogen-bond donors (Lipinski definition) is 2. The van der Waals surface area contributed by atoms with Gasteiger partial charge in [-0.2, -0.15) is 0 Å². The Morgan fingerprint density at radius 1 is 1.00 bits per heavy atom. The molecular formula is C26H20F3N5OS2. The van der Waals surface area contributed by atoms with Crippen molar-refractivity contribution in [2.45, 2.75) is 26.3 Å². The van der Waals surface area contributed by atoms with E-state index in [1.807, 2.05) is 50.2 Å². The zero-order valence-corrected chi connectivity index (χ0v) is 21.3. The highest BCUT2D eigenvalue weighted by Gasteiger charge is 2.31. The average molecular weight is 540 g/mol. The lowest BCUT2D eigenvalue weighted by atomic mass is 10.1. The molecule has 0 radical (unpaired) electrons. The van der Waals surface area contributed by atoms with E-state index in [1.165, 1.54) is 23.5 Å². The summed E-state index contributed by atoms with van der Waals surface area (Å²) in [6.07, 6.45) is -3.07. The maximum absolute atomic E-state index is 12.4. The molecule has 0 saturated carbocycles. The zero-order valence-electron chi connectivity index (χ0n) is 19.6. The van der Waals surface area contributed by atoms with Gasteiger partial charge in [-0.1, -0.05) is 41.7 Å². The fourth-order valence-corrected chi connectivity index (χ4v) is 5.06. The van der Waals surface area contributed by atoms with Crippen LogP contribution >= 0.6 is 23.6 Å². The molecule has 188 valence electrons. The van der Waals surface area contributed by atoms with Crippen LogP contribution in [0.4, 0.5) is 24.0 Å². The van der Waals surface area contributed by atoms with Crippen molar-refractivity contribution >= 4 is 61.8 Å². The number of rotatable bonds is 5. The lowest BCUT2D eigenvalue weighted by Crippen LogP contribution is -2.20. The van der Waals surface area contributed by atoms with E-state index in [-0.39, 0.29) is 5.75 Å². The van der Waals surface area contributed by atoms with E-state index in [4.69, 9.17) is 12.2 Å². The SMILES string of the molecule is Cc1cccc(C)c1NC(=S)Nc1nc2ccc(C3=NC(c4ccc(OC(F)(F)F)cc4)C=N3)cc2s1. The van der Waals surface area contributed by atoms with Crippen LogP contribution in [0.15, 0.2) is 70.6 Å². The van der Waals surface area contributed by atoms with Crippen molar-refractivity contribution in [2.75, 3.05) is 10.6 Å². The van der Waals surface area contributed by atoms with Crippen molar-refractivity contribution in [3.63, 3.8) is 0 Å². The van der Waals surface area contributed by atoms with Gasteiger partial charge >= 0.3 is 6.36 Å². The van der Waals surface area contributed by atoms with Gasteiger partial charge in [0.2, 0.25) is 0 Å². The molecule has 0 aliphatic carbocycles. The van der Waals surface area contributed by atoms with Gasteiger partial charge in [0.1, 0.15) is 11.8 Å². The molecule has 1 aliphatic rings. The van der Waals surface area contributed by atoms with Gasteiger partial charge in [-0.15, -0.1) is 13.2 Å². The molecule has 3 aromatic carbocycles. The number of aryl methyl sites for hydroxylation is 2. The van der Waals surface area contributed by atoms with Crippen molar-refractivity contribution in [2.24, 2.45) is 9.98 Å². The smallest absolute Gasteiger partial charge is 0.406 e. The molecule has 0 fully saturated rings. The fourth-order valence-electron chi connectivity index (χ4n) is 3.89. The van der Waals surface area contributed by atoms with Crippen LogP contribution in [-0.2, 0) is 0 Å². The number of aliphatic imine (C=N–C) groups is 2. The fraction of sp³-hybridized carbons (Fsp3) is 0.154. The average Bonchev–Trinajstić information content (AvgIpc) is 3.47. The number of amidine groups is 1. The van der Waals surface area contributed by atoms with E-state index in [0.717, 1.165) is 32.6 Å². The number of nitrogens with zero attached hydrogens (tertiary/aromatic N) is 3. The number of thiazole rings is 1. The van der Waals surface area contributed by atoms with Crippen molar-refractivity contribution < 1.29 is 17.9 Å². The van der Waals surface area contributed by atoms with E-state index in [0.29, 0.717) is 21.6 Å². The third-order valence-corrected chi connectivity index (χ3v) is 6.78. The van der Waals surface area contributed by atoms with Gasteiger partial charge in [-0.3, -0.25) is 4.99 Å². The van der Waals surface area contributed by atoms with Crippen LogP contribution in [-0.4, -0.2) is 28.5 Å². The predicted octanol–water partition coefficient (Wildman–Crippen LogP) is 7.19. The highest BCUT2D eigenvalue weighted by molar-refractivity contribution is 7.80. The molecule has 0 saturated heterocycles. The summed E-state index contributed by atoms with van der Waals surface area (Å²) in [5.41, 5.74) is 5.50. The Labute approximate surface area is 219 Å². The molecule has 0 bridgehead atoms. The molecule has 0 amide bonds. The van der Waals surface area contributed by atoms with Crippen molar-refractivity contribution in [3.8, 4) is 5.75 Å². The van der Waals surface area contributed by atoms with Crippen LogP contribution in [0.1, 0.15) is 28.3 Å². The molecule has 2 N–H and O–H groups in total. The summed E-state index contributed by atoms with van der Waals surface area (Å²) in [4.78, 5) is 13.7. The van der Waals surface area contributed by atoms with E-state index < -0.39 is 12.4 Å². The molecule has 0 spiro atoms. The number of ether oxygens (including phenoxy) is 1. The molecule has 1 aliphatic heterocycles. The Kier molecular flexibility index (Phi) is 6.65. The summed E-state index contributed by atoms with van der Waals surface area (Å²) in [6, 6.07) is 17.0. The lowest BCUT2D eigenvalue weighted by molar-refractivity contribution is -0.274. The second kappa shape index (κ2) is 9.91. The van der Waals surface area contributed by atoms with Gasteiger partial charge in [-0.25, -0.2) is 9.98 Å². The van der Waals surface area contributed by atoms with Crippen LogP contribution in [0.3, 0.4) is 0 Å². The van der Waals surface area contributed by atoms with Crippen LogP contribution < -0.4 is 15.4 Å². The van der Waals surface area contributed by atoms with Crippen molar-refractivity contribution in [1.29, 1.82) is 0 Å². The second-order valence-corrected chi connectivity index (χ2v) is 9.78. The Morgan fingerprint density at radius 2 is 1.73 bits per heavy atom. The number of thiocarbonyl (C=S) groups is 1. The maximum Gasteiger partial charge on any atom is 0.573 e. The number of hydrogen-bond acceptors (Lipinski definition) is 6. The van der Waals surface area contributed by atoms with E-state index in [9.17, 15) is 13.2 Å². The first-order valence-electron chi connectivity index (χ1n) is 11.2. The summed E-state index contributed by atoms with van der Waals surface area (Å²) < 4.78 is 42.0. The first-order valence-corrected chi connectivity index (χ1v) is 12.4. The Bertz CT molecular complexity index is 1520. The monoisotopic (exact) mass is 539 g/mol. The number of para-hydroxylation sites is 1. The standard InChI is InChI=1S/C26H20F3N5OS2/c1-14-4-3-5-15(2)22(14)33-24(36)34-25-32-19-11-8-17(12-21(19)37-25)23-30-13-20(31-23)16-6-9-18(10-7-16)35-26(27,28)29/h3-13,20H,1-2H3,(H2,32,33,34,36). The third-order valence-electron chi connectivity index (χ3n) is 5.64. The van der Waals surface area contributed by atoms with E-state index >= 15 is 0 Å². The highest BCUT2D eigenvalue weighted by Crippen LogP contribution is 2.30. The van der Waals surface area contributed by atoms with Gasteiger partial charge in [-0.05, 0) is 73.1 Å². The van der Waals surface area contributed by atoms with Gasteiger partial charge in [0.25, 0.3) is 0 Å². The normalized spacial score (nSPS) is 15.1. The molecular weight excluding hydrogens is 519 g/mol. The molecule has 6 nitrogen and oxygen atoms in total. The van der Waals surface area contributed by atoms with E-state index in [1.54, 1.807) is 18.3 Å². The van der Waals surface area contributed by atoms with Crippen LogP contribution in [0, 0.1) is 13.8 Å². The van der Waals surface area contributed by atoms with Gasteiger partial charge in [0.05, 0.1) is 10.2 Å². The third kappa shape index (κ3) is 5.78. The number of anilines is 2. The summed E-state index contributed by atoms with van der Waals surface area (Å²) in [7, 11) is 0. The number of nitrogens with one attached hydrogen (secondary N) is 2. The molecule has 1 atom stereocenters. The molecule has 1 aromatic heterocycles. The number of benzene rings is 3. The van der Waals surface area contributed by atoms with Gasteiger partial charge in [0, 0.05) is 17.5 Å². The van der Waals surface area contributed by atoms with Crippen molar-refractivity contribution in [3.05, 3.63) is 82.9 Å². The van der Waals surface area contributed by atoms with Gasteiger partial charge < -0.3 is 15.4 Å². The summed E-state index contributed by atoms with van der Waals surface area (Å²) in [6.45, 7) is 4.04. The summed E-state index contributed by atoms with van der Waals surface area (Å²) in [5, 5.41) is 7.52. The number of alkyl halides is 3. The summed E-state index contributed by atoms with van der Waals surface area (Å²) >= 11 is 6.95. The molecule has 4 aromatic rings. The molecule has 11 heteroatoms. The zero-order chi connectivity index (χ0) is 26.2. The van der Waals surface area contributed by atoms with Gasteiger partial charge in [0.15, 0.2) is 16.1 Å². The largest absolute Gasteiger partial charge is 0.573 e. The highest BCUT2D eigenvalue weighted by atomic mass is 32.1. The first-order chi connectivity index (χ1) is 17.6. The predicted molar refractivity (Wildman–Crippen MR) is 146 cm³/mol. The lowest BCUT2D eigenvalue weighted by Gasteiger charge is -2.13. The Hall–Kier alpha value is -3.83. The minimum atomic E-state index is -4.73. The summed E-state index contributed by atoms with van der Waals surface area (Å²) in [5.74, 6) is 0.261. The number of fused-ring (bicyclic) bond motifs is 1. The minimum absolute atomic E-state index is 0.279. The van der Waals surface area contributed by atoms with Crippen molar-refractivity contribution in [1.82, 2.24) is 4.98 Å². The minimum Gasteiger partial charge on any atom is -0.406 e. The van der Waals surface area contributed by atoms with E-state index in [2.05, 4.69) is 30.3 Å². The number of halogens is 3. The first kappa shape index (κ1) is 24.8. The maximum atomic E-state index is 12.4. The topological polar surface area (TPSA) is 70.9 Å².